The summed E-state index contributed by atoms with van der Waals surface area (Å²) in [7, 11) is 0. The van der Waals surface area contributed by atoms with E-state index in [1.807, 2.05) is 32.0 Å². The normalized spacial score (nSPS) is 11.1. The van der Waals surface area contributed by atoms with E-state index >= 15 is 0 Å². The number of ether oxygens (including phenoxy) is 1. The lowest BCUT2D eigenvalue weighted by molar-refractivity contribution is -0.137. The Balaban J connectivity index is 1.70. The Kier molecular flexibility index (Phi) is 7.88. The van der Waals surface area contributed by atoms with E-state index in [-0.39, 0.29) is 17.1 Å². The first-order chi connectivity index (χ1) is 16.2. The molecule has 0 unspecified atom stereocenters. The summed E-state index contributed by atoms with van der Waals surface area (Å²) >= 11 is 0. The predicted molar refractivity (Wildman–Crippen MR) is 123 cm³/mol. The molecule has 0 atom stereocenters. The number of carbonyl (C=O) groups excluding carboxylic acids is 2. The monoisotopic (exact) mass is 471 g/mol. The molecule has 3 aromatic rings. The molecule has 1 heterocycles. The molecule has 0 aliphatic heterocycles. The van der Waals surface area contributed by atoms with Crippen LogP contribution < -0.4 is 10.6 Å². The number of nitrogens with one attached hydrogen (secondary N) is 2. The third kappa shape index (κ3) is 6.12. The van der Waals surface area contributed by atoms with Crippen molar-refractivity contribution >= 4 is 29.1 Å². The number of nitrogens with zero attached hydrogens (tertiary/aromatic N) is 1. The zero-order chi connectivity index (χ0) is 24.7. The van der Waals surface area contributed by atoms with Crippen LogP contribution in [0.4, 0.5) is 30.4 Å². The van der Waals surface area contributed by atoms with Gasteiger partial charge in [-0.05, 0) is 54.3 Å². The lowest BCUT2D eigenvalue weighted by atomic mass is 10.0. The average Bonchev–Trinajstić information content (AvgIpc) is 2.82. The third-order valence-electron chi connectivity index (χ3n) is 5.08. The van der Waals surface area contributed by atoms with Gasteiger partial charge in [0.25, 0.3) is 5.91 Å². The Bertz CT molecular complexity index is 1160. The molecule has 34 heavy (non-hydrogen) atoms. The molecule has 0 fully saturated rings. The first kappa shape index (κ1) is 24.8. The van der Waals surface area contributed by atoms with E-state index in [0.717, 1.165) is 36.1 Å². The molecule has 1 aromatic heterocycles. The van der Waals surface area contributed by atoms with Crippen molar-refractivity contribution in [3.63, 3.8) is 0 Å². The minimum absolute atomic E-state index is 0.0110. The van der Waals surface area contributed by atoms with Crippen LogP contribution in [0, 0.1) is 0 Å². The quantitative estimate of drug-likeness (QED) is 0.408. The van der Waals surface area contributed by atoms with Crippen LogP contribution in [0.2, 0.25) is 0 Å². The van der Waals surface area contributed by atoms with E-state index in [9.17, 15) is 22.8 Å². The summed E-state index contributed by atoms with van der Waals surface area (Å²) in [6.45, 7) is 3.43. The van der Waals surface area contributed by atoms with Gasteiger partial charge in [0.15, 0.2) is 6.61 Å². The summed E-state index contributed by atoms with van der Waals surface area (Å²) < 4.78 is 44.1. The first-order valence-corrected chi connectivity index (χ1v) is 10.7. The minimum Gasteiger partial charge on any atom is -0.452 e. The van der Waals surface area contributed by atoms with E-state index in [0.29, 0.717) is 5.69 Å². The second kappa shape index (κ2) is 10.8. The van der Waals surface area contributed by atoms with Crippen molar-refractivity contribution in [3.8, 4) is 0 Å². The Morgan fingerprint density at radius 1 is 0.971 bits per heavy atom. The van der Waals surface area contributed by atoms with Gasteiger partial charge in [-0.3, -0.25) is 4.79 Å². The van der Waals surface area contributed by atoms with Crippen molar-refractivity contribution in [2.24, 2.45) is 0 Å². The van der Waals surface area contributed by atoms with E-state index in [1.165, 1.54) is 30.5 Å². The molecule has 6 nitrogen and oxygen atoms in total. The molecule has 3 rings (SSSR count). The number of benzene rings is 2. The molecule has 1 amide bonds. The zero-order valence-corrected chi connectivity index (χ0v) is 18.7. The van der Waals surface area contributed by atoms with Crippen molar-refractivity contribution in [1.82, 2.24) is 4.98 Å². The Morgan fingerprint density at radius 3 is 2.29 bits per heavy atom. The number of hydrogen-bond donors (Lipinski definition) is 2. The Hall–Kier alpha value is -3.88. The summed E-state index contributed by atoms with van der Waals surface area (Å²) in [6, 6.07) is 13.2. The Labute approximate surface area is 195 Å². The van der Waals surface area contributed by atoms with Gasteiger partial charge >= 0.3 is 12.1 Å². The fourth-order valence-electron chi connectivity index (χ4n) is 3.37. The van der Waals surface area contributed by atoms with Crippen LogP contribution in [0.3, 0.4) is 0 Å². The molecule has 0 aliphatic rings. The summed E-state index contributed by atoms with van der Waals surface area (Å²) in [5, 5.41) is 5.52. The fourth-order valence-corrected chi connectivity index (χ4v) is 3.37. The minimum atomic E-state index is -4.51. The summed E-state index contributed by atoms with van der Waals surface area (Å²) in [4.78, 5) is 29.1. The molecular formula is C25H24F3N3O3. The molecule has 0 saturated heterocycles. The van der Waals surface area contributed by atoms with E-state index in [1.54, 1.807) is 0 Å². The zero-order valence-electron chi connectivity index (χ0n) is 18.7. The van der Waals surface area contributed by atoms with Crippen LogP contribution in [0.25, 0.3) is 0 Å². The van der Waals surface area contributed by atoms with E-state index < -0.39 is 30.2 Å². The van der Waals surface area contributed by atoms with Gasteiger partial charge in [-0.2, -0.15) is 13.2 Å². The summed E-state index contributed by atoms with van der Waals surface area (Å²) in [5.74, 6) is -1.32. The first-order valence-electron chi connectivity index (χ1n) is 10.7. The molecule has 0 saturated carbocycles. The van der Waals surface area contributed by atoms with Crippen LogP contribution in [-0.4, -0.2) is 23.5 Å². The standard InChI is InChI=1S/C25H24F3N3O3/c1-3-16-8-5-9-17(4-2)22(16)31-21(32)15-34-24(33)20-12-7-13-29-23(20)30-19-11-6-10-18(14-19)25(26,27)28/h5-14H,3-4,15H2,1-2H3,(H,29,30)(H,31,32). The van der Waals surface area contributed by atoms with E-state index in [2.05, 4.69) is 15.6 Å². The summed E-state index contributed by atoms with van der Waals surface area (Å²) in [5.41, 5.74) is 1.90. The number of aromatic nitrogens is 1. The molecule has 178 valence electrons. The number of halogens is 3. The highest BCUT2D eigenvalue weighted by molar-refractivity contribution is 5.98. The second-order valence-electron chi connectivity index (χ2n) is 7.39. The molecule has 9 heteroatoms. The second-order valence-corrected chi connectivity index (χ2v) is 7.39. The molecule has 0 radical (unpaired) electrons. The number of hydrogen-bond acceptors (Lipinski definition) is 5. The van der Waals surface area contributed by atoms with Crippen LogP contribution in [-0.2, 0) is 28.5 Å². The van der Waals surface area contributed by atoms with Gasteiger partial charge < -0.3 is 15.4 Å². The lowest BCUT2D eigenvalue weighted by Crippen LogP contribution is -2.22. The topological polar surface area (TPSA) is 80.3 Å². The van der Waals surface area contributed by atoms with Crippen LogP contribution in [0.15, 0.2) is 60.8 Å². The van der Waals surface area contributed by atoms with Gasteiger partial charge in [-0.25, -0.2) is 9.78 Å². The molecule has 2 N–H and O–H groups in total. The van der Waals surface area contributed by atoms with Crippen molar-refractivity contribution < 1.29 is 27.5 Å². The third-order valence-corrected chi connectivity index (χ3v) is 5.08. The van der Waals surface area contributed by atoms with Crippen LogP contribution in [0.1, 0.15) is 40.9 Å². The van der Waals surface area contributed by atoms with Gasteiger partial charge in [0, 0.05) is 17.6 Å². The fraction of sp³-hybridized carbons (Fsp3) is 0.240. The molecular weight excluding hydrogens is 447 g/mol. The molecule has 0 aliphatic carbocycles. The van der Waals surface area contributed by atoms with Gasteiger partial charge in [-0.1, -0.05) is 38.1 Å². The number of rotatable bonds is 8. The number of amides is 1. The SMILES string of the molecule is CCc1cccc(CC)c1NC(=O)COC(=O)c1cccnc1Nc1cccc(C(F)(F)F)c1. The number of para-hydroxylation sites is 1. The number of alkyl halides is 3. The summed E-state index contributed by atoms with van der Waals surface area (Å²) in [6.07, 6.45) is -1.68. The average molecular weight is 471 g/mol. The largest absolute Gasteiger partial charge is 0.452 e. The van der Waals surface area contributed by atoms with Crippen molar-refractivity contribution in [3.05, 3.63) is 83.0 Å². The molecule has 2 aromatic carbocycles. The number of pyridine rings is 1. The van der Waals surface area contributed by atoms with Gasteiger partial charge in [-0.15, -0.1) is 0 Å². The van der Waals surface area contributed by atoms with Gasteiger partial charge in [0.2, 0.25) is 0 Å². The van der Waals surface area contributed by atoms with Crippen LogP contribution >= 0.6 is 0 Å². The van der Waals surface area contributed by atoms with Crippen molar-refractivity contribution in [2.75, 3.05) is 17.2 Å². The van der Waals surface area contributed by atoms with Crippen molar-refractivity contribution in [2.45, 2.75) is 32.9 Å². The number of anilines is 3. The number of esters is 1. The predicted octanol–water partition coefficient (Wildman–Crippen LogP) is 5.76. The maximum Gasteiger partial charge on any atom is 0.416 e. The lowest BCUT2D eigenvalue weighted by Gasteiger charge is -2.15. The Morgan fingerprint density at radius 2 is 1.65 bits per heavy atom. The molecule has 0 spiro atoms. The van der Waals surface area contributed by atoms with E-state index in [4.69, 9.17) is 4.74 Å². The highest BCUT2D eigenvalue weighted by atomic mass is 19.4. The number of carbonyl (C=O) groups is 2. The molecule has 0 bridgehead atoms. The number of aryl methyl sites for hydroxylation is 2. The highest BCUT2D eigenvalue weighted by Crippen LogP contribution is 2.31. The van der Waals surface area contributed by atoms with Gasteiger partial charge in [0.05, 0.1) is 5.56 Å². The van der Waals surface area contributed by atoms with Crippen molar-refractivity contribution in [1.29, 1.82) is 0 Å². The van der Waals surface area contributed by atoms with Gasteiger partial charge in [0.1, 0.15) is 11.4 Å². The highest BCUT2D eigenvalue weighted by Gasteiger charge is 2.30. The van der Waals surface area contributed by atoms with Crippen LogP contribution in [0.5, 0.6) is 0 Å². The maximum absolute atomic E-state index is 13.0. The smallest absolute Gasteiger partial charge is 0.416 e. The maximum atomic E-state index is 13.0.